The van der Waals surface area contributed by atoms with Gasteiger partial charge in [0.15, 0.2) is 0 Å². The van der Waals surface area contributed by atoms with Crippen molar-refractivity contribution in [2.75, 3.05) is 6.61 Å². The Labute approximate surface area is 108 Å². The molecule has 1 aliphatic carbocycles. The van der Waals surface area contributed by atoms with E-state index < -0.39 is 0 Å². The van der Waals surface area contributed by atoms with Gasteiger partial charge in [-0.1, -0.05) is 19.8 Å². The maximum absolute atomic E-state index is 11.8. The van der Waals surface area contributed by atoms with Crippen LogP contribution in [0.25, 0.3) is 0 Å². The van der Waals surface area contributed by atoms with Gasteiger partial charge in [0.2, 0.25) is 0 Å². The zero-order chi connectivity index (χ0) is 13.0. The lowest BCUT2D eigenvalue weighted by atomic mass is 10.1. The molecule has 0 saturated heterocycles. The fourth-order valence-electron chi connectivity index (χ4n) is 2.46. The predicted molar refractivity (Wildman–Crippen MR) is 68.6 cm³/mol. The van der Waals surface area contributed by atoms with Crippen molar-refractivity contribution in [2.24, 2.45) is 0 Å². The number of rotatable bonds is 4. The van der Waals surface area contributed by atoms with Crippen molar-refractivity contribution in [3.63, 3.8) is 0 Å². The number of hydrogen-bond acceptors (Lipinski definition) is 4. The molecule has 0 radical (unpaired) electrons. The molecule has 1 aromatic rings. The monoisotopic (exact) mass is 248 g/mol. The Morgan fingerprint density at radius 1 is 1.39 bits per heavy atom. The van der Waals surface area contributed by atoms with Gasteiger partial charge in [-0.15, -0.1) is 0 Å². The van der Waals surface area contributed by atoms with E-state index in [4.69, 9.17) is 4.74 Å². The lowest BCUT2D eigenvalue weighted by Gasteiger charge is -2.11. The Hall–Kier alpha value is -1.45. The molecule has 0 spiro atoms. The molecule has 4 heteroatoms. The molecule has 0 bridgehead atoms. The Balaban J connectivity index is 2.24. The third-order valence-electron chi connectivity index (χ3n) is 3.44. The van der Waals surface area contributed by atoms with Gasteiger partial charge in [-0.3, -0.25) is 0 Å². The maximum atomic E-state index is 11.8. The summed E-state index contributed by atoms with van der Waals surface area (Å²) < 4.78 is 5.02. The average Bonchev–Trinajstić information content (AvgIpc) is 2.92. The highest BCUT2D eigenvalue weighted by atomic mass is 16.5. The summed E-state index contributed by atoms with van der Waals surface area (Å²) in [4.78, 5) is 20.7. The van der Waals surface area contributed by atoms with Crippen molar-refractivity contribution in [1.29, 1.82) is 0 Å². The van der Waals surface area contributed by atoms with Crippen molar-refractivity contribution in [1.82, 2.24) is 9.97 Å². The van der Waals surface area contributed by atoms with Crippen LogP contribution in [-0.2, 0) is 11.2 Å². The number of carbonyl (C=O) groups is 1. The minimum atomic E-state index is -0.313. The Bertz CT molecular complexity index is 426. The summed E-state index contributed by atoms with van der Waals surface area (Å²) in [6.45, 7) is 4.19. The number of aryl methyl sites for hydroxylation is 1. The van der Waals surface area contributed by atoms with E-state index >= 15 is 0 Å². The Morgan fingerprint density at radius 2 is 2.11 bits per heavy atom. The van der Waals surface area contributed by atoms with Gasteiger partial charge in [0.1, 0.15) is 5.82 Å². The summed E-state index contributed by atoms with van der Waals surface area (Å²) >= 11 is 0. The van der Waals surface area contributed by atoms with Gasteiger partial charge in [0, 0.05) is 12.1 Å². The molecule has 1 aliphatic rings. The van der Waals surface area contributed by atoms with E-state index in [1.807, 2.05) is 6.92 Å². The number of aromatic nitrogens is 2. The predicted octanol–water partition coefficient (Wildman–Crippen LogP) is 2.87. The Kier molecular flexibility index (Phi) is 4.28. The average molecular weight is 248 g/mol. The first-order chi connectivity index (χ1) is 8.76. The summed E-state index contributed by atoms with van der Waals surface area (Å²) in [5, 5.41) is 0. The molecule has 0 aliphatic heterocycles. The number of carbonyl (C=O) groups excluding carboxylic acids is 1. The molecule has 1 heterocycles. The quantitative estimate of drug-likeness (QED) is 0.769. The van der Waals surface area contributed by atoms with Crippen LogP contribution in [0.1, 0.15) is 67.3 Å². The third kappa shape index (κ3) is 2.68. The fraction of sp³-hybridized carbons (Fsp3) is 0.643. The van der Waals surface area contributed by atoms with Crippen LogP contribution in [0, 0.1) is 0 Å². The number of hydrogen-bond donors (Lipinski definition) is 0. The van der Waals surface area contributed by atoms with Crippen LogP contribution in [-0.4, -0.2) is 22.5 Å². The van der Waals surface area contributed by atoms with E-state index in [1.54, 1.807) is 13.1 Å². The number of ether oxygens (including phenoxy) is 1. The van der Waals surface area contributed by atoms with Crippen molar-refractivity contribution in [3.8, 4) is 0 Å². The number of esters is 1. The summed E-state index contributed by atoms with van der Waals surface area (Å²) in [7, 11) is 0. The van der Waals surface area contributed by atoms with E-state index in [-0.39, 0.29) is 5.97 Å². The van der Waals surface area contributed by atoms with Gasteiger partial charge in [-0.05, 0) is 26.2 Å². The minimum Gasteiger partial charge on any atom is -0.462 e. The van der Waals surface area contributed by atoms with Crippen LogP contribution < -0.4 is 0 Å². The molecule has 1 saturated carbocycles. The third-order valence-corrected chi connectivity index (χ3v) is 3.44. The van der Waals surface area contributed by atoms with E-state index in [0.717, 1.165) is 17.9 Å². The van der Waals surface area contributed by atoms with Crippen LogP contribution in [0.2, 0.25) is 0 Å². The largest absolute Gasteiger partial charge is 0.462 e. The highest BCUT2D eigenvalue weighted by Crippen LogP contribution is 2.32. The molecule has 1 aromatic heterocycles. The fourth-order valence-corrected chi connectivity index (χ4v) is 2.46. The van der Waals surface area contributed by atoms with Gasteiger partial charge in [-0.2, -0.15) is 0 Å². The first-order valence-corrected chi connectivity index (χ1v) is 6.79. The zero-order valence-corrected chi connectivity index (χ0v) is 11.1. The molecule has 0 aromatic carbocycles. The second-order valence-electron chi connectivity index (χ2n) is 4.64. The molecule has 0 atom stereocenters. The molecule has 4 nitrogen and oxygen atoms in total. The molecule has 0 amide bonds. The molecule has 2 rings (SSSR count). The van der Waals surface area contributed by atoms with Crippen LogP contribution in [0.3, 0.4) is 0 Å². The molecule has 0 N–H and O–H groups in total. The molecular weight excluding hydrogens is 228 g/mol. The van der Waals surface area contributed by atoms with Crippen molar-refractivity contribution in [3.05, 3.63) is 23.3 Å². The minimum absolute atomic E-state index is 0.313. The molecule has 1 fully saturated rings. The van der Waals surface area contributed by atoms with Crippen LogP contribution in [0.4, 0.5) is 0 Å². The first kappa shape index (κ1) is 13.0. The van der Waals surface area contributed by atoms with Gasteiger partial charge in [-0.25, -0.2) is 14.8 Å². The Morgan fingerprint density at radius 3 is 2.72 bits per heavy atom. The van der Waals surface area contributed by atoms with Crippen molar-refractivity contribution < 1.29 is 9.53 Å². The lowest BCUT2D eigenvalue weighted by Crippen LogP contribution is -2.13. The summed E-state index contributed by atoms with van der Waals surface area (Å²) in [6.07, 6.45) is 7.22. The van der Waals surface area contributed by atoms with E-state index in [0.29, 0.717) is 18.1 Å². The maximum Gasteiger partial charge on any atom is 0.341 e. The SMILES string of the molecule is CCOC(=O)c1cnc(C2CCCC2)nc1CC. The highest BCUT2D eigenvalue weighted by molar-refractivity contribution is 5.90. The van der Waals surface area contributed by atoms with Crippen molar-refractivity contribution >= 4 is 5.97 Å². The second-order valence-corrected chi connectivity index (χ2v) is 4.64. The molecular formula is C14H20N2O2. The number of nitrogens with zero attached hydrogens (tertiary/aromatic N) is 2. The van der Waals surface area contributed by atoms with E-state index in [9.17, 15) is 4.79 Å². The summed E-state index contributed by atoms with van der Waals surface area (Å²) in [6, 6.07) is 0. The smallest absolute Gasteiger partial charge is 0.341 e. The van der Waals surface area contributed by atoms with Gasteiger partial charge in [0.05, 0.1) is 17.9 Å². The van der Waals surface area contributed by atoms with E-state index in [1.165, 1.54) is 25.7 Å². The van der Waals surface area contributed by atoms with Gasteiger partial charge >= 0.3 is 5.97 Å². The topological polar surface area (TPSA) is 52.1 Å². The van der Waals surface area contributed by atoms with Gasteiger partial charge < -0.3 is 4.74 Å². The van der Waals surface area contributed by atoms with E-state index in [2.05, 4.69) is 9.97 Å². The zero-order valence-electron chi connectivity index (χ0n) is 11.1. The molecule has 0 unspecified atom stereocenters. The molecule has 98 valence electrons. The standard InChI is InChI=1S/C14H20N2O2/c1-3-12-11(14(17)18-4-2)9-15-13(16-12)10-7-5-6-8-10/h9-10H,3-8H2,1-2H3. The highest BCUT2D eigenvalue weighted by Gasteiger charge is 2.22. The lowest BCUT2D eigenvalue weighted by molar-refractivity contribution is 0.0524. The summed E-state index contributed by atoms with van der Waals surface area (Å²) in [5.74, 6) is 1.07. The van der Waals surface area contributed by atoms with Crippen LogP contribution >= 0.6 is 0 Å². The van der Waals surface area contributed by atoms with Crippen LogP contribution in [0.5, 0.6) is 0 Å². The van der Waals surface area contributed by atoms with Crippen LogP contribution in [0.15, 0.2) is 6.20 Å². The second kappa shape index (κ2) is 5.94. The van der Waals surface area contributed by atoms with Gasteiger partial charge in [0.25, 0.3) is 0 Å². The first-order valence-electron chi connectivity index (χ1n) is 6.79. The van der Waals surface area contributed by atoms with Crippen molar-refractivity contribution in [2.45, 2.75) is 51.9 Å². The molecule has 18 heavy (non-hydrogen) atoms. The normalized spacial score (nSPS) is 15.9. The summed E-state index contributed by atoms with van der Waals surface area (Å²) in [5.41, 5.74) is 1.33.